The van der Waals surface area contributed by atoms with Crippen molar-refractivity contribution in [3.05, 3.63) is 124 Å². The highest BCUT2D eigenvalue weighted by atomic mass is 35.5. The molecule has 2 N–H and O–H groups in total. The van der Waals surface area contributed by atoms with Gasteiger partial charge in [-0.3, -0.25) is 9.59 Å². The van der Waals surface area contributed by atoms with E-state index in [2.05, 4.69) is 20.6 Å². The number of hydrogen-bond acceptors (Lipinski definition) is 9. The number of ether oxygens (including phenoxy) is 2. The van der Waals surface area contributed by atoms with Gasteiger partial charge >= 0.3 is 11.9 Å². The normalized spacial score (nSPS) is 14.5. The second-order valence-corrected chi connectivity index (χ2v) is 12.8. The highest BCUT2D eigenvalue weighted by Crippen LogP contribution is 2.33. The maximum absolute atomic E-state index is 13.1. The van der Waals surface area contributed by atoms with Crippen LogP contribution in [0.3, 0.4) is 0 Å². The van der Waals surface area contributed by atoms with Crippen LogP contribution in [0.4, 0.5) is 5.82 Å². The molecule has 0 saturated carbocycles. The third kappa shape index (κ3) is 8.04. The van der Waals surface area contributed by atoms with Crippen LogP contribution in [-0.2, 0) is 44.7 Å². The molecule has 0 atom stereocenters. The Bertz CT molecular complexity index is 1870. The first kappa shape index (κ1) is 37.0. The molecule has 6 rings (SSSR count). The van der Waals surface area contributed by atoms with Gasteiger partial charge in [0.1, 0.15) is 22.0 Å². The molecule has 11 nitrogen and oxygen atoms in total. The summed E-state index contributed by atoms with van der Waals surface area (Å²) in [4.78, 5) is 61.3. The van der Waals surface area contributed by atoms with Crippen LogP contribution in [0.2, 0.25) is 5.15 Å². The van der Waals surface area contributed by atoms with Crippen molar-refractivity contribution in [3.63, 3.8) is 0 Å². The second-order valence-electron chi connectivity index (χ2n) is 12.5. The minimum absolute atomic E-state index is 0.101. The van der Waals surface area contributed by atoms with Gasteiger partial charge in [-0.15, -0.1) is 0 Å². The average molecular weight is 712 g/mol. The van der Waals surface area contributed by atoms with Crippen molar-refractivity contribution in [1.82, 2.24) is 20.6 Å². The van der Waals surface area contributed by atoms with Gasteiger partial charge in [-0.2, -0.15) is 0 Å². The Morgan fingerprint density at radius 2 is 1.08 bits per heavy atom. The maximum atomic E-state index is 13.1. The van der Waals surface area contributed by atoms with Crippen LogP contribution >= 0.6 is 11.6 Å². The summed E-state index contributed by atoms with van der Waals surface area (Å²) in [7, 11) is 1.88. The molecule has 266 valence electrons. The smallest absolute Gasteiger partial charge is 0.332 e. The summed E-state index contributed by atoms with van der Waals surface area (Å²) in [5.41, 5.74) is 2.65. The lowest BCUT2D eigenvalue weighted by Crippen LogP contribution is -2.56. The first-order chi connectivity index (χ1) is 24.6. The monoisotopic (exact) mass is 711 g/mol. The number of pyridine rings is 2. The van der Waals surface area contributed by atoms with Crippen LogP contribution in [0, 0.1) is 0 Å². The quantitative estimate of drug-likeness (QED) is 0.173. The van der Waals surface area contributed by atoms with E-state index < -0.39 is 28.9 Å². The third-order valence-corrected chi connectivity index (χ3v) is 9.42. The summed E-state index contributed by atoms with van der Waals surface area (Å²) < 4.78 is 10.5. The lowest BCUT2D eigenvalue weighted by molar-refractivity contribution is -0.151. The SMILES string of the molecule is CCOC(=O)C1(NC(=O)c2cccnc2Cl)Cc2ccccc2C1.CCOC(=O)C1(NC(=O)c2cccnc2N(C)CC)Cc2ccccc2C1. The van der Waals surface area contributed by atoms with Crippen molar-refractivity contribution in [2.75, 3.05) is 31.7 Å². The van der Waals surface area contributed by atoms with Crippen LogP contribution in [0.1, 0.15) is 63.7 Å². The number of benzene rings is 2. The van der Waals surface area contributed by atoms with Crippen molar-refractivity contribution in [2.24, 2.45) is 0 Å². The Labute approximate surface area is 302 Å². The highest BCUT2D eigenvalue weighted by molar-refractivity contribution is 6.32. The largest absolute Gasteiger partial charge is 0.464 e. The number of aromatic nitrogens is 2. The van der Waals surface area contributed by atoms with Gasteiger partial charge in [0.15, 0.2) is 0 Å². The number of nitrogens with zero attached hydrogens (tertiary/aromatic N) is 3. The van der Waals surface area contributed by atoms with E-state index in [4.69, 9.17) is 21.1 Å². The molecule has 0 aliphatic heterocycles. The van der Waals surface area contributed by atoms with Gasteiger partial charge in [0.25, 0.3) is 11.8 Å². The van der Waals surface area contributed by atoms with Crippen LogP contribution in [0.5, 0.6) is 0 Å². The minimum Gasteiger partial charge on any atom is -0.464 e. The zero-order valence-electron chi connectivity index (χ0n) is 29.2. The number of esters is 2. The fourth-order valence-electron chi connectivity index (χ4n) is 6.49. The number of rotatable bonds is 10. The molecule has 0 fully saturated rings. The Balaban J connectivity index is 0.000000199. The number of carbonyl (C=O) groups excluding carboxylic acids is 4. The number of anilines is 1. The summed E-state index contributed by atoms with van der Waals surface area (Å²) in [6.45, 7) is 6.73. The van der Waals surface area contributed by atoms with Crippen molar-refractivity contribution in [2.45, 2.75) is 57.5 Å². The Hall–Kier alpha value is -5.29. The van der Waals surface area contributed by atoms with Crippen LogP contribution in [-0.4, -0.2) is 71.6 Å². The topological polar surface area (TPSA) is 140 Å². The Morgan fingerprint density at radius 1 is 0.667 bits per heavy atom. The van der Waals surface area contributed by atoms with Gasteiger partial charge in [-0.1, -0.05) is 60.1 Å². The van der Waals surface area contributed by atoms with E-state index >= 15 is 0 Å². The van der Waals surface area contributed by atoms with Gasteiger partial charge in [0.05, 0.1) is 24.3 Å². The molecule has 2 aromatic heterocycles. The fraction of sp³-hybridized carbons (Fsp3) is 0.333. The molecule has 0 saturated heterocycles. The summed E-state index contributed by atoms with van der Waals surface area (Å²) in [5, 5.41) is 5.92. The number of fused-ring (bicyclic) bond motifs is 2. The summed E-state index contributed by atoms with van der Waals surface area (Å²) in [6.07, 6.45) is 4.80. The van der Waals surface area contributed by atoms with E-state index in [9.17, 15) is 19.2 Å². The van der Waals surface area contributed by atoms with Crippen LogP contribution < -0.4 is 15.5 Å². The van der Waals surface area contributed by atoms with Crippen LogP contribution in [0.15, 0.2) is 85.2 Å². The molecular weight excluding hydrogens is 670 g/mol. The van der Waals surface area contributed by atoms with Gasteiger partial charge in [0, 0.05) is 51.7 Å². The van der Waals surface area contributed by atoms with E-state index in [1.807, 2.05) is 67.4 Å². The molecule has 0 radical (unpaired) electrons. The fourth-order valence-corrected chi connectivity index (χ4v) is 6.69. The van der Waals surface area contributed by atoms with Crippen molar-refractivity contribution < 1.29 is 28.7 Å². The van der Waals surface area contributed by atoms with Gasteiger partial charge in [0.2, 0.25) is 0 Å². The molecule has 12 heteroatoms. The zero-order chi connectivity index (χ0) is 36.6. The average Bonchev–Trinajstić information content (AvgIpc) is 3.71. The van der Waals surface area contributed by atoms with Gasteiger partial charge < -0.3 is 25.0 Å². The summed E-state index contributed by atoms with van der Waals surface area (Å²) >= 11 is 5.99. The zero-order valence-corrected chi connectivity index (χ0v) is 30.0. The Morgan fingerprint density at radius 3 is 1.49 bits per heavy atom. The lowest BCUT2D eigenvalue weighted by Gasteiger charge is -2.29. The lowest BCUT2D eigenvalue weighted by atomic mass is 9.95. The first-order valence-electron chi connectivity index (χ1n) is 17.0. The standard InChI is InChI=1S/C21H25N3O3.C18H17ClN2O3/c1-4-24(3)18-17(11-8-12-22-18)19(25)23-21(20(26)27-5-2)13-15-9-6-7-10-16(15)14-21;1-2-24-17(23)18(10-12-6-3-4-7-13(12)11-18)21-16(22)14-8-5-9-20-15(14)19/h6-12H,4-5,13-14H2,1-3H3,(H,23,25);3-9H,2,10-11H2,1H3,(H,21,22). The van der Waals surface area contributed by atoms with Crippen molar-refractivity contribution >= 4 is 41.2 Å². The predicted molar refractivity (Wildman–Crippen MR) is 194 cm³/mol. The summed E-state index contributed by atoms with van der Waals surface area (Å²) in [6, 6.07) is 22.3. The Kier molecular flexibility index (Phi) is 11.7. The van der Waals surface area contributed by atoms with Crippen LogP contribution in [0.25, 0.3) is 0 Å². The van der Waals surface area contributed by atoms with E-state index in [1.165, 1.54) is 6.20 Å². The first-order valence-corrected chi connectivity index (χ1v) is 17.3. The molecule has 2 aliphatic carbocycles. The molecule has 2 aromatic carbocycles. The summed E-state index contributed by atoms with van der Waals surface area (Å²) in [5.74, 6) is -1.00. The number of hydrogen-bond donors (Lipinski definition) is 2. The molecule has 2 amide bonds. The second kappa shape index (κ2) is 16.2. The number of amides is 2. The van der Waals surface area contributed by atoms with E-state index in [0.29, 0.717) is 43.6 Å². The molecule has 0 unspecified atom stereocenters. The maximum Gasteiger partial charge on any atom is 0.332 e. The molecular formula is C39H42ClN5O6. The number of nitrogens with one attached hydrogen (secondary N) is 2. The van der Waals surface area contributed by atoms with Crippen molar-refractivity contribution in [3.8, 4) is 0 Å². The molecule has 2 heterocycles. The molecule has 2 aliphatic rings. The van der Waals surface area contributed by atoms with E-state index in [-0.39, 0.29) is 29.8 Å². The van der Waals surface area contributed by atoms with E-state index in [1.54, 1.807) is 44.3 Å². The van der Waals surface area contributed by atoms with Gasteiger partial charge in [-0.05, 0) is 67.3 Å². The highest BCUT2D eigenvalue weighted by Gasteiger charge is 2.48. The predicted octanol–water partition coefficient (Wildman–Crippen LogP) is 4.93. The molecule has 0 bridgehead atoms. The molecule has 51 heavy (non-hydrogen) atoms. The minimum atomic E-state index is -1.12. The van der Waals surface area contributed by atoms with Gasteiger partial charge in [-0.25, -0.2) is 19.6 Å². The molecule has 0 spiro atoms. The molecule has 4 aromatic rings. The van der Waals surface area contributed by atoms with E-state index in [0.717, 1.165) is 22.3 Å². The number of carbonyl (C=O) groups is 4. The number of halogens is 1. The van der Waals surface area contributed by atoms with Crippen molar-refractivity contribution in [1.29, 1.82) is 0 Å². The third-order valence-electron chi connectivity index (χ3n) is 9.11.